The predicted octanol–water partition coefficient (Wildman–Crippen LogP) is 5.68. The summed E-state index contributed by atoms with van der Waals surface area (Å²) in [5.74, 6) is 0.0782. The number of thiophene rings is 1. The third-order valence-corrected chi connectivity index (χ3v) is 7.61. The number of hydrogen-bond donors (Lipinski definition) is 1. The fourth-order valence-corrected chi connectivity index (χ4v) is 5.67. The van der Waals surface area contributed by atoms with Crippen LogP contribution in [0.1, 0.15) is 5.56 Å². The molecule has 0 radical (unpaired) electrons. The van der Waals surface area contributed by atoms with E-state index in [9.17, 15) is 13.5 Å². The Morgan fingerprint density at radius 3 is 2.42 bits per heavy atom. The number of rotatable bonds is 4. The molecule has 0 aliphatic heterocycles. The zero-order chi connectivity index (χ0) is 21.6. The van der Waals surface area contributed by atoms with Gasteiger partial charge in [-0.05, 0) is 59.1 Å². The highest BCUT2D eigenvalue weighted by Gasteiger charge is 2.25. The molecule has 5 nitrogen and oxygen atoms in total. The van der Waals surface area contributed by atoms with Crippen LogP contribution in [-0.4, -0.2) is 22.5 Å². The summed E-state index contributed by atoms with van der Waals surface area (Å²) in [4.78, 5) is 4.62. The van der Waals surface area contributed by atoms with E-state index in [2.05, 4.69) is 4.98 Å². The van der Waals surface area contributed by atoms with Crippen molar-refractivity contribution in [3.63, 3.8) is 0 Å². The van der Waals surface area contributed by atoms with Gasteiger partial charge >= 0.3 is 0 Å². The van der Waals surface area contributed by atoms with Crippen molar-refractivity contribution in [3.8, 4) is 28.0 Å². The molecule has 0 fully saturated rings. The number of phenols is 1. The summed E-state index contributed by atoms with van der Waals surface area (Å²) in [6.45, 7) is 1.91. The van der Waals surface area contributed by atoms with Gasteiger partial charge in [-0.25, -0.2) is 17.4 Å². The van der Waals surface area contributed by atoms with E-state index in [-0.39, 0.29) is 10.6 Å². The largest absolute Gasteiger partial charge is 0.507 e. The molecule has 5 aromatic rings. The topological polar surface area (TPSA) is 72.2 Å². The van der Waals surface area contributed by atoms with E-state index in [4.69, 9.17) is 0 Å². The average Bonchev–Trinajstić information content (AvgIpc) is 3.43. The van der Waals surface area contributed by atoms with Crippen molar-refractivity contribution in [1.29, 1.82) is 0 Å². The van der Waals surface area contributed by atoms with E-state index in [0.29, 0.717) is 22.2 Å². The summed E-state index contributed by atoms with van der Waals surface area (Å²) >= 11 is 1.56. The van der Waals surface area contributed by atoms with Crippen LogP contribution in [0.25, 0.3) is 33.3 Å². The summed E-state index contributed by atoms with van der Waals surface area (Å²) in [5, 5.41) is 15.2. The van der Waals surface area contributed by atoms with Gasteiger partial charge in [-0.1, -0.05) is 35.9 Å². The second-order valence-corrected chi connectivity index (χ2v) is 9.84. The highest BCUT2D eigenvalue weighted by Crippen LogP contribution is 2.41. The van der Waals surface area contributed by atoms with Crippen molar-refractivity contribution in [2.75, 3.05) is 0 Å². The Hall–Kier alpha value is -3.42. The Bertz CT molecular complexity index is 1500. The van der Waals surface area contributed by atoms with Crippen LogP contribution in [0.5, 0.6) is 5.75 Å². The summed E-state index contributed by atoms with van der Waals surface area (Å²) in [5.41, 5.74) is 4.29. The number of aromatic nitrogens is 2. The van der Waals surface area contributed by atoms with Gasteiger partial charge in [0.2, 0.25) is 0 Å². The van der Waals surface area contributed by atoms with Crippen molar-refractivity contribution in [2.45, 2.75) is 11.8 Å². The number of benzene rings is 2. The smallest absolute Gasteiger partial charge is 0.269 e. The van der Waals surface area contributed by atoms with Crippen LogP contribution in [0.2, 0.25) is 0 Å². The lowest BCUT2D eigenvalue weighted by Crippen LogP contribution is -2.12. The second kappa shape index (κ2) is 7.37. The van der Waals surface area contributed by atoms with Gasteiger partial charge in [-0.2, -0.15) is 11.3 Å². The Morgan fingerprint density at radius 2 is 1.71 bits per heavy atom. The fourth-order valence-electron chi connectivity index (χ4n) is 3.70. The summed E-state index contributed by atoms with van der Waals surface area (Å²) < 4.78 is 28.3. The lowest BCUT2D eigenvalue weighted by atomic mass is 9.99. The Labute approximate surface area is 183 Å². The monoisotopic (exact) mass is 446 g/mol. The number of pyridine rings is 1. The molecule has 0 bridgehead atoms. The molecule has 3 heterocycles. The van der Waals surface area contributed by atoms with Crippen molar-refractivity contribution < 1.29 is 13.5 Å². The minimum Gasteiger partial charge on any atom is -0.507 e. The number of phenolic OH excluding ortho intramolecular Hbond substituents is 1. The van der Waals surface area contributed by atoms with Crippen LogP contribution >= 0.6 is 11.3 Å². The molecule has 5 rings (SSSR count). The second-order valence-electron chi connectivity index (χ2n) is 7.24. The minimum atomic E-state index is -3.89. The van der Waals surface area contributed by atoms with Crippen LogP contribution < -0.4 is 0 Å². The van der Waals surface area contributed by atoms with Gasteiger partial charge in [0, 0.05) is 28.9 Å². The molecule has 154 valence electrons. The first kappa shape index (κ1) is 19.5. The number of aromatic hydroxyl groups is 1. The van der Waals surface area contributed by atoms with Gasteiger partial charge in [0.05, 0.1) is 4.90 Å². The Kier molecular flexibility index (Phi) is 4.64. The standard InChI is InChI=1S/C24H18N2O3S2/c1-16-6-8-18(9-7-16)31(28,29)26-14-21(20-4-2-3-5-22(20)27)23-19(10-12-25-24(23)26)17-11-13-30-15-17/h2-15,27H,1H3. The quantitative estimate of drug-likeness (QED) is 0.385. The molecule has 3 aromatic heterocycles. The Morgan fingerprint density at radius 1 is 0.935 bits per heavy atom. The maximum absolute atomic E-state index is 13.5. The maximum atomic E-state index is 13.5. The van der Waals surface area contributed by atoms with Gasteiger partial charge in [0.25, 0.3) is 10.0 Å². The first-order chi connectivity index (χ1) is 15.0. The maximum Gasteiger partial charge on any atom is 0.269 e. The van der Waals surface area contributed by atoms with E-state index in [0.717, 1.165) is 16.7 Å². The van der Waals surface area contributed by atoms with E-state index < -0.39 is 10.0 Å². The molecular formula is C24H18N2O3S2. The van der Waals surface area contributed by atoms with Crippen molar-refractivity contribution >= 4 is 32.4 Å². The first-order valence-corrected chi connectivity index (χ1v) is 12.0. The number of para-hydroxylation sites is 1. The van der Waals surface area contributed by atoms with Gasteiger partial charge in [0.1, 0.15) is 5.75 Å². The van der Waals surface area contributed by atoms with Gasteiger partial charge in [-0.3, -0.25) is 0 Å². The lowest BCUT2D eigenvalue weighted by molar-refractivity contribution is 0.477. The van der Waals surface area contributed by atoms with Gasteiger partial charge in [-0.15, -0.1) is 0 Å². The van der Waals surface area contributed by atoms with Crippen LogP contribution in [0, 0.1) is 6.92 Å². The van der Waals surface area contributed by atoms with E-state index in [1.165, 1.54) is 3.97 Å². The van der Waals surface area contributed by atoms with Crippen molar-refractivity contribution in [3.05, 3.63) is 89.4 Å². The fraction of sp³-hybridized carbons (Fsp3) is 0.0417. The van der Waals surface area contributed by atoms with Gasteiger partial charge < -0.3 is 5.11 Å². The predicted molar refractivity (Wildman–Crippen MR) is 124 cm³/mol. The van der Waals surface area contributed by atoms with Crippen LogP contribution in [-0.2, 0) is 10.0 Å². The minimum absolute atomic E-state index is 0.0782. The molecule has 0 aliphatic carbocycles. The molecule has 0 aliphatic rings. The lowest BCUT2D eigenvalue weighted by Gasteiger charge is -2.08. The van der Waals surface area contributed by atoms with E-state index in [1.54, 1.807) is 66.2 Å². The molecule has 1 N–H and O–H groups in total. The molecule has 7 heteroatoms. The van der Waals surface area contributed by atoms with Crippen LogP contribution in [0.3, 0.4) is 0 Å². The highest BCUT2D eigenvalue weighted by atomic mass is 32.2. The van der Waals surface area contributed by atoms with E-state index >= 15 is 0 Å². The molecule has 0 spiro atoms. The third kappa shape index (κ3) is 3.22. The molecule has 0 atom stereocenters. The SMILES string of the molecule is Cc1ccc(S(=O)(=O)n2cc(-c3ccccc3O)c3c(-c4ccsc4)ccnc32)cc1. The van der Waals surface area contributed by atoms with Crippen LogP contribution in [0.15, 0.2) is 88.7 Å². The van der Waals surface area contributed by atoms with Gasteiger partial charge in [0.15, 0.2) is 5.65 Å². The molecule has 0 amide bonds. The van der Waals surface area contributed by atoms with E-state index in [1.807, 2.05) is 35.9 Å². The summed E-state index contributed by atoms with van der Waals surface area (Å²) in [7, 11) is -3.89. The highest BCUT2D eigenvalue weighted by molar-refractivity contribution is 7.90. The molecule has 0 saturated heterocycles. The van der Waals surface area contributed by atoms with Crippen molar-refractivity contribution in [1.82, 2.24) is 8.96 Å². The zero-order valence-electron chi connectivity index (χ0n) is 16.6. The molecular weight excluding hydrogens is 428 g/mol. The average molecular weight is 447 g/mol. The number of fused-ring (bicyclic) bond motifs is 1. The molecule has 2 aromatic carbocycles. The molecule has 31 heavy (non-hydrogen) atoms. The molecule has 0 unspecified atom stereocenters. The zero-order valence-corrected chi connectivity index (χ0v) is 18.2. The van der Waals surface area contributed by atoms with Crippen LogP contribution in [0.4, 0.5) is 0 Å². The summed E-state index contributed by atoms with van der Waals surface area (Å²) in [6, 6.07) is 17.5. The number of aryl methyl sites for hydroxylation is 1. The normalized spacial score (nSPS) is 11.8. The van der Waals surface area contributed by atoms with Crippen molar-refractivity contribution in [2.24, 2.45) is 0 Å². The number of nitrogens with zero attached hydrogens (tertiary/aromatic N) is 2. The first-order valence-electron chi connectivity index (χ1n) is 9.60. The number of hydrogen-bond acceptors (Lipinski definition) is 5. The molecule has 0 saturated carbocycles. The Balaban J connectivity index is 1.87. The summed E-state index contributed by atoms with van der Waals surface area (Å²) in [6.07, 6.45) is 3.17. The third-order valence-electron chi connectivity index (χ3n) is 5.26.